The van der Waals surface area contributed by atoms with E-state index in [1.807, 2.05) is 6.20 Å². The van der Waals surface area contributed by atoms with Crippen molar-refractivity contribution in [3.63, 3.8) is 0 Å². The molecule has 3 aliphatic heterocycles. The van der Waals surface area contributed by atoms with Gasteiger partial charge in [0.15, 0.2) is 5.82 Å². The Bertz CT molecular complexity index is 716. The molecule has 140 valence electrons. The van der Waals surface area contributed by atoms with Gasteiger partial charge in [0.1, 0.15) is 5.69 Å². The van der Waals surface area contributed by atoms with Crippen molar-refractivity contribution in [2.45, 2.75) is 50.9 Å². The van der Waals surface area contributed by atoms with Gasteiger partial charge < -0.3 is 14.8 Å². The number of nitrogens with one attached hydrogen (secondary N) is 1. The number of piperidine rings is 1. The topological polar surface area (TPSA) is 50.9 Å². The predicted octanol–water partition coefficient (Wildman–Crippen LogP) is 2.38. The summed E-state index contributed by atoms with van der Waals surface area (Å²) in [7, 11) is 0. The normalized spacial score (nSPS) is 23.2. The van der Waals surface area contributed by atoms with Gasteiger partial charge in [0.2, 0.25) is 0 Å². The van der Waals surface area contributed by atoms with Crippen molar-refractivity contribution >= 4 is 11.8 Å². The molecule has 3 aliphatic rings. The number of hydrogen-bond acceptors (Lipinski definition) is 5. The highest BCUT2D eigenvalue weighted by molar-refractivity contribution is 7.99. The fraction of sp³-hybridized carbons (Fsp3) is 0.684. The maximum atomic E-state index is 4.82. The number of fused-ring (bicyclic) bond motifs is 1. The summed E-state index contributed by atoms with van der Waals surface area (Å²) < 4.78 is 4.52. The predicted molar refractivity (Wildman–Crippen MR) is 105 cm³/mol. The Kier molecular flexibility index (Phi) is 4.77. The molecule has 0 aliphatic carbocycles. The molecule has 0 unspecified atom stereocenters. The number of thioether (sulfide) groups is 1. The number of hydrogen-bond donors (Lipinski definition) is 1. The van der Waals surface area contributed by atoms with Gasteiger partial charge in [0.25, 0.3) is 0 Å². The summed E-state index contributed by atoms with van der Waals surface area (Å²) in [5.41, 5.74) is 2.30. The van der Waals surface area contributed by atoms with Crippen LogP contribution in [0.3, 0.4) is 0 Å². The molecule has 1 N–H and O–H groups in total. The minimum atomic E-state index is 0.554. The highest BCUT2D eigenvalue weighted by Gasteiger charge is 2.28. The van der Waals surface area contributed by atoms with Gasteiger partial charge >= 0.3 is 0 Å². The van der Waals surface area contributed by atoms with Crippen molar-refractivity contribution < 1.29 is 0 Å². The summed E-state index contributed by atoms with van der Waals surface area (Å²) in [6.07, 6.45) is 9.30. The molecule has 0 atom stereocenters. The molecule has 5 heterocycles. The van der Waals surface area contributed by atoms with Gasteiger partial charge in [-0.2, -0.15) is 16.9 Å². The van der Waals surface area contributed by atoms with Gasteiger partial charge in [-0.1, -0.05) is 0 Å². The Morgan fingerprint density at radius 1 is 1.04 bits per heavy atom. The van der Waals surface area contributed by atoms with Gasteiger partial charge in [-0.05, 0) is 43.3 Å². The molecule has 0 saturated carbocycles. The summed E-state index contributed by atoms with van der Waals surface area (Å²) in [4.78, 5) is 7.41. The van der Waals surface area contributed by atoms with E-state index in [9.17, 15) is 0 Å². The Morgan fingerprint density at radius 2 is 1.88 bits per heavy atom. The lowest BCUT2D eigenvalue weighted by Crippen LogP contribution is -2.43. The van der Waals surface area contributed by atoms with Gasteiger partial charge in [0.05, 0.1) is 12.2 Å². The third-order valence-corrected chi connectivity index (χ3v) is 7.22. The van der Waals surface area contributed by atoms with Crippen LogP contribution in [0, 0.1) is 0 Å². The third-order valence-electron chi connectivity index (χ3n) is 6.17. The maximum Gasteiger partial charge on any atom is 0.160 e. The van der Waals surface area contributed by atoms with Crippen LogP contribution in [0.5, 0.6) is 0 Å². The molecule has 2 aromatic rings. The first-order chi connectivity index (χ1) is 12.9. The molecule has 0 aromatic carbocycles. The third kappa shape index (κ3) is 3.21. The van der Waals surface area contributed by atoms with Gasteiger partial charge in [-0.3, -0.25) is 4.68 Å². The lowest BCUT2D eigenvalue weighted by molar-refractivity contribution is 0.128. The number of aromatic nitrogens is 4. The molecular weight excluding hydrogens is 344 g/mol. The quantitative estimate of drug-likeness (QED) is 0.897. The zero-order valence-electron chi connectivity index (χ0n) is 15.3. The molecule has 0 spiro atoms. The average Bonchev–Trinajstić information content (AvgIpc) is 3.35. The van der Waals surface area contributed by atoms with Crippen LogP contribution < -0.4 is 5.32 Å². The smallest absolute Gasteiger partial charge is 0.160 e. The number of rotatable bonds is 3. The van der Waals surface area contributed by atoms with E-state index in [4.69, 9.17) is 5.10 Å². The van der Waals surface area contributed by atoms with E-state index in [1.54, 1.807) is 0 Å². The Labute approximate surface area is 159 Å². The summed E-state index contributed by atoms with van der Waals surface area (Å²) in [6, 6.07) is 3.59. The fourth-order valence-corrected chi connectivity index (χ4v) is 5.77. The van der Waals surface area contributed by atoms with Crippen LogP contribution in [0.15, 0.2) is 18.5 Å². The van der Waals surface area contributed by atoms with Crippen LogP contribution in [-0.4, -0.2) is 61.4 Å². The van der Waals surface area contributed by atoms with Crippen molar-refractivity contribution in [2.24, 2.45) is 0 Å². The summed E-state index contributed by atoms with van der Waals surface area (Å²) >= 11 is 2.12. The second-order valence-electron chi connectivity index (χ2n) is 7.69. The van der Waals surface area contributed by atoms with Crippen LogP contribution >= 0.6 is 11.8 Å². The van der Waals surface area contributed by atoms with Gasteiger partial charge in [-0.25, -0.2) is 4.98 Å². The summed E-state index contributed by atoms with van der Waals surface area (Å²) in [5, 5.41) is 8.24. The van der Waals surface area contributed by atoms with Crippen molar-refractivity contribution in [1.29, 1.82) is 0 Å². The first kappa shape index (κ1) is 16.8. The minimum absolute atomic E-state index is 0.554. The molecule has 2 fully saturated rings. The standard InChI is InChI=1S/C19H28N6S/c1-7-23(15-3-11-26-12-4-15)8-2-16(1)24-9-6-21-19(24)18-13-17-14-20-5-10-25(17)22-18/h6,9,13,15-16,20H,1-5,7-8,10-12,14H2. The van der Waals surface area contributed by atoms with Crippen molar-refractivity contribution in [3.05, 3.63) is 24.2 Å². The summed E-state index contributed by atoms with van der Waals surface area (Å²) in [6.45, 7) is 5.31. The van der Waals surface area contributed by atoms with E-state index in [0.717, 1.165) is 37.2 Å². The monoisotopic (exact) mass is 372 g/mol. The zero-order valence-corrected chi connectivity index (χ0v) is 16.1. The zero-order chi connectivity index (χ0) is 17.3. The fourth-order valence-electron chi connectivity index (χ4n) is 4.69. The summed E-state index contributed by atoms with van der Waals surface area (Å²) in [5.74, 6) is 3.73. The Balaban J connectivity index is 1.30. The molecule has 5 rings (SSSR count). The molecule has 7 heteroatoms. The SMILES string of the molecule is c1cn(C2CCN(C3CCSCC3)CC2)c(-c2cc3n(n2)CCNC3)n1. The molecule has 0 radical (unpaired) electrons. The van der Waals surface area contributed by atoms with Crippen LogP contribution in [-0.2, 0) is 13.1 Å². The first-order valence-electron chi connectivity index (χ1n) is 10.0. The van der Waals surface area contributed by atoms with Crippen molar-refractivity contribution in [1.82, 2.24) is 29.5 Å². The molecule has 2 aromatic heterocycles. The second-order valence-corrected chi connectivity index (χ2v) is 8.91. The van der Waals surface area contributed by atoms with E-state index in [2.05, 4.69) is 48.5 Å². The largest absolute Gasteiger partial charge is 0.326 e. The van der Waals surface area contributed by atoms with E-state index < -0.39 is 0 Å². The highest BCUT2D eigenvalue weighted by atomic mass is 32.2. The molecule has 2 saturated heterocycles. The van der Waals surface area contributed by atoms with Crippen LogP contribution in [0.25, 0.3) is 11.5 Å². The number of nitrogens with zero attached hydrogens (tertiary/aromatic N) is 5. The van der Waals surface area contributed by atoms with E-state index in [1.165, 1.54) is 56.0 Å². The Morgan fingerprint density at radius 3 is 2.69 bits per heavy atom. The Hall–Kier alpha value is -1.31. The molecular formula is C19H28N6S. The van der Waals surface area contributed by atoms with E-state index in [-0.39, 0.29) is 0 Å². The van der Waals surface area contributed by atoms with Gasteiger partial charge in [0, 0.05) is 50.7 Å². The second kappa shape index (κ2) is 7.37. The highest BCUT2D eigenvalue weighted by Crippen LogP contribution is 2.31. The van der Waals surface area contributed by atoms with Crippen LogP contribution in [0.1, 0.15) is 37.4 Å². The van der Waals surface area contributed by atoms with E-state index >= 15 is 0 Å². The van der Waals surface area contributed by atoms with Crippen LogP contribution in [0.4, 0.5) is 0 Å². The average molecular weight is 373 g/mol. The van der Waals surface area contributed by atoms with E-state index in [0.29, 0.717) is 6.04 Å². The van der Waals surface area contributed by atoms with Crippen LogP contribution in [0.2, 0.25) is 0 Å². The van der Waals surface area contributed by atoms with Crippen molar-refractivity contribution in [3.8, 4) is 11.5 Å². The molecule has 26 heavy (non-hydrogen) atoms. The number of imidazole rings is 1. The molecule has 6 nitrogen and oxygen atoms in total. The molecule has 0 amide bonds. The lowest BCUT2D eigenvalue weighted by Gasteiger charge is -2.39. The number of likely N-dealkylation sites (tertiary alicyclic amines) is 1. The first-order valence-corrected chi connectivity index (χ1v) is 11.2. The van der Waals surface area contributed by atoms with Gasteiger partial charge in [-0.15, -0.1) is 0 Å². The lowest BCUT2D eigenvalue weighted by atomic mass is 10.0. The molecule has 0 bridgehead atoms. The maximum absolute atomic E-state index is 4.82. The van der Waals surface area contributed by atoms with Crippen molar-refractivity contribution in [2.75, 3.05) is 31.1 Å². The minimum Gasteiger partial charge on any atom is -0.326 e.